The molecule has 0 amide bonds. The lowest BCUT2D eigenvalue weighted by molar-refractivity contribution is -0.137. The van der Waals surface area contributed by atoms with Crippen molar-refractivity contribution in [2.45, 2.75) is 13.1 Å². The van der Waals surface area contributed by atoms with Crippen LogP contribution in [0.4, 0.5) is 13.2 Å². The first-order chi connectivity index (χ1) is 9.34. The van der Waals surface area contributed by atoms with Crippen LogP contribution in [-0.2, 0) is 10.9 Å². The molecule has 8 heteroatoms. The number of hydrogen-bond acceptors (Lipinski definition) is 4. The summed E-state index contributed by atoms with van der Waals surface area (Å²) >= 11 is 0. The number of alkyl halides is 3. The summed E-state index contributed by atoms with van der Waals surface area (Å²) in [5.41, 5.74) is -2.40. The van der Waals surface area contributed by atoms with Gasteiger partial charge in [0, 0.05) is 12.4 Å². The van der Waals surface area contributed by atoms with Crippen LogP contribution >= 0.6 is 0 Å². The largest absolute Gasteiger partial charge is 0.462 e. The quantitative estimate of drug-likeness (QED) is 0.858. The molecule has 20 heavy (non-hydrogen) atoms. The highest BCUT2D eigenvalue weighted by molar-refractivity contribution is 5.92. The Morgan fingerprint density at radius 3 is 2.75 bits per heavy atom. The van der Waals surface area contributed by atoms with Crippen LogP contribution in [0.15, 0.2) is 23.3 Å². The minimum absolute atomic E-state index is 0.0801. The number of halogens is 3. The van der Waals surface area contributed by atoms with Crippen LogP contribution in [0.1, 0.15) is 22.8 Å². The highest BCUT2D eigenvalue weighted by atomic mass is 19.4. The van der Waals surface area contributed by atoms with Gasteiger partial charge in [0.2, 0.25) is 5.43 Å². The van der Waals surface area contributed by atoms with E-state index in [1.165, 1.54) is 0 Å². The van der Waals surface area contributed by atoms with Crippen molar-refractivity contribution < 1.29 is 22.7 Å². The third-order valence-electron chi connectivity index (χ3n) is 2.54. The van der Waals surface area contributed by atoms with Gasteiger partial charge in [0.05, 0.1) is 17.7 Å². The molecule has 0 radical (unpaired) electrons. The second kappa shape index (κ2) is 4.95. The maximum absolute atomic E-state index is 12.5. The van der Waals surface area contributed by atoms with Gasteiger partial charge in [0.25, 0.3) is 0 Å². The first kappa shape index (κ1) is 14.0. The third kappa shape index (κ3) is 2.49. The van der Waals surface area contributed by atoms with Crippen LogP contribution in [0.3, 0.4) is 0 Å². The highest BCUT2D eigenvalue weighted by Crippen LogP contribution is 2.29. The molecule has 0 aliphatic carbocycles. The van der Waals surface area contributed by atoms with Gasteiger partial charge in [-0.2, -0.15) is 13.2 Å². The topological polar surface area (TPSA) is 72.1 Å². The van der Waals surface area contributed by atoms with Crippen LogP contribution in [0.25, 0.3) is 11.0 Å². The first-order valence-corrected chi connectivity index (χ1v) is 5.60. The van der Waals surface area contributed by atoms with Crippen LogP contribution in [0.5, 0.6) is 0 Å². The second-order valence-corrected chi connectivity index (χ2v) is 3.87. The van der Waals surface area contributed by atoms with Crippen molar-refractivity contribution in [1.29, 1.82) is 0 Å². The molecule has 106 valence electrons. The molecule has 0 aliphatic rings. The summed E-state index contributed by atoms with van der Waals surface area (Å²) in [4.78, 5) is 29.4. The Morgan fingerprint density at radius 1 is 1.45 bits per heavy atom. The number of pyridine rings is 2. The monoisotopic (exact) mass is 286 g/mol. The molecule has 0 spiro atoms. The molecule has 2 heterocycles. The van der Waals surface area contributed by atoms with E-state index in [2.05, 4.69) is 14.7 Å². The molecular formula is C12H9F3N2O3. The number of carbonyl (C=O) groups excluding carboxylic acids is 1. The summed E-state index contributed by atoms with van der Waals surface area (Å²) in [6, 6.07) is 0.763. The fourth-order valence-corrected chi connectivity index (χ4v) is 1.61. The standard InChI is InChI=1S/C12H9F3N2O3/c1-2-20-11(19)7-5-16-8-3-6(12(13,14)15)4-17-9(8)10(7)18/h3-5H,2H2,1H3,(H,16,18). The number of ether oxygens (including phenoxy) is 1. The zero-order valence-corrected chi connectivity index (χ0v) is 10.2. The van der Waals surface area contributed by atoms with Gasteiger partial charge in [0.1, 0.15) is 11.1 Å². The van der Waals surface area contributed by atoms with Gasteiger partial charge in [-0.3, -0.25) is 4.79 Å². The molecule has 1 N–H and O–H groups in total. The van der Waals surface area contributed by atoms with Gasteiger partial charge in [0.15, 0.2) is 0 Å². The van der Waals surface area contributed by atoms with Gasteiger partial charge >= 0.3 is 12.1 Å². The molecule has 0 saturated carbocycles. The molecule has 2 rings (SSSR count). The number of H-pyrrole nitrogens is 1. The normalized spacial score (nSPS) is 11.6. The molecule has 0 unspecified atom stereocenters. The SMILES string of the molecule is CCOC(=O)c1c[nH]c2cc(C(F)(F)F)cnc2c1=O. The van der Waals surface area contributed by atoms with Crippen molar-refractivity contribution in [2.24, 2.45) is 0 Å². The highest BCUT2D eigenvalue weighted by Gasteiger charge is 2.31. The Morgan fingerprint density at radius 2 is 2.15 bits per heavy atom. The molecule has 0 saturated heterocycles. The smallest absolute Gasteiger partial charge is 0.417 e. The van der Waals surface area contributed by atoms with E-state index in [4.69, 9.17) is 0 Å². The van der Waals surface area contributed by atoms with Crippen LogP contribution in [0, 0.1) is 0 Å². The van der Waals surface area contributed by atoms with E-state index in [1.54, 1.807) is 6.92 Å². The molecule has 0 bridgehead atoms. The Balaban J connectivity index is 2.59. The van der Waals surface area contributed by atoms with Crippen molar-refractivity contribution in [3.63, 3.8) is 0 Å². The summed E-state index contributed by atoms with van der Waals surface area (Å²) in [7, 11) is 0. The van der Waals surface area contributed by atoms with Crippen molar-refractivity contribution in [1.82, 2.24) is 9.97 Å². The van der Waals surface area contributed by atoms with Gasteiger partial charge in [-0.25, -0.2) is 9.78 Å². The minimum Gasteiger partial charge on any atom is -0.462 e. The molecule has 0 atom stereocenters. The molecule has 5 nitrogen and oxygen atoms in total. The Labute approximate surface area is 110 Å². The molecule has 0 fully saturated rings. The van der Waals surface area contributed by atoms with Gasteiger partial charge in [-0.05, 0) is 13.0 Å². The van der Waals surface area contributed by atoms with Crippen molar-refractivity contribution in [2.75, 3.05) is 6.61 Å². The van der Waals surface area contributed by atoms with Crippen LogP contribution in [-0.4, -0.2) is 22.5 Å². The van der Waals surface area contributed by atoms with E-state index >= 15 is 0 Å². The molecular weight excluding hydrogens is 277 g/mol. The van der Waals surface area contributed by atoms with E-state index < -0.39 is 23.1 Å². The van der Waals surface area contributed by atoms with Crippen LogP contribution < -0.4 is 5.43 Å². The lowest BCUT2D eigenvalue weighted by Crippen LogP contribution is -2.19. The van der Waals surface area contributed by atoms with Crippen molar-refractivity contribution >= 4 is 17.0 Å². The van der Waals surface area contributed by atoms with E-state index in [0.717, 1.165) is 12.3 Å². The summed E-state index contributed by atoms with van der Waals surface area (Å²) < 4.78 is 42.2. The summed E-state index contributed by atoms with van der Waals surface area (Å²) in [6.07, 6.45) is -2.99. The van der Waals surface area contributed by atoms with E-state index in [-0.39, 0.29) is 23.2 Å². The molecule has 0 aromatic carbocycles. The van der Waals surface area contributed by atoms with Crippen LogP contribution in [0.2, 0.25) is 0 Å². The van der Waals surface area contributed by atoms with E-state index in [0.29, 0.717) is 6.20 Å². The first-order valence-electron chi connectivity index (χ1n) is 5.60. The number of aromatic nitrogens is 2. The summed E-state index contributed by atoms with van der Waals surface area (Å²) in [6.45, 7) is 1.65. The van der Waals surface area contributed by atoms with E-state index in [9.17, 15) is 22.8 Å². The van der Waals surface area contributed by atoms with E-state index in [1.807, 2.05) is 0 Å². The molecule has 2 aromatic rings. The fraction of sp³-hybridized carbons (Fsp3) is 0.250. The predicted octanol–water partition coefficient (Wildman–Crippen LogP) is 2.12. The average Bonchev–Trinajstić information content (AvgIpc) is 2.38. The predicted molar refractivity (Wildman–Crippen MR) is 63.3 cm³/mol. The number of nitrogens with one attached hydrogen (secondary N) is 1. The fourth-order valence-electron chi connectivity index (χ4n) is 1.61. The summed E-state index contributed by atoms with van der Waals surface area (Å²) in [5, 5.41) is 0. The summed E-state index contributed by atoms with van der Waals surface area (Å²) in [5.74, 6) is -0.850. The van der Waals surface area contributed by atoms with Crippen molar-refractivity contribution in [3.8, 4) is 0 Å². The zero-order chi connectivity index (χ0) is 14.9. The number of aromatic amines is 1. The second-order valence-electron chi connectivity index (χ2n) is 3.87. The maximum Gasteiger partial charge on any atom is 0.417 e. The lowest BCUT2D eigenvalue weighted by Gasteiger charge is -2.07. The number of rotatable bonds is 2. The van der Waals surface area contributed by atoms with Gasteiger partial charge in [-0.15, -0.1) is 0 Å². The Hall–Kier alpha value is -2.38. The molecule has 2 aromatic heterocycles. The lowest BCUT2D eigenvalue weighted by atomic mass is 10.2. The Bertz CT molecular complexity index is 722. The minimum atomic E-state index is -4.56. The number of fused-ring (bicyclic) bond motifs is 1. The third-order valence-corrected chi connectivity index (χ3v) is 2.54. The molecule has 0 aliphatic heterocycles. The number of nitrogens with zero attached hydrogens (tertiary/aromatic N) is 1. The van der Waals surface area contributed by atoms with Gasteiger partial charge in [-0.1, -0.05) is 0 Å². The number of carbonyl (C=O) groups is 1. The average molecular weight is 286 g/mol. The maximum atomic E-state index is 12.5. The Kier molecular flexibility index (Phi) is 3.47. The number of hydrogen-bond donors (Lipinski definition) is 1. The zero-order valence-electron chi connectivity index (χ0n) is 10.2. The van der Waals surface area contributed by atoms with Crippen molar-refractivity contribution in [3.05, 3.63) is 39.8 Å². The number of esters is 1. The van der Waals surface area contributed by atoms with Gasteiger partial charge < -0.3 is 9.72 Å².